The van der Waals surface area contributed by atoms with Crippen LogP contribution in [-0.2, 0) is 0 Å². The molecule has 9 heteroatoms. The average Bonchev–Trinajstić information content (AvgIpc) is 3.76. The van der Waals surface area contributed by atoms with Gasteiger partial charge in [0.2, 0.25) is 5.75 Å². The molecular weight excluding hydrogens is 705 g/mol. The number of H-pyrrole nitrogens is 1. The van der Waals surface area contributed by atoms with E-state index in [1.54, 1.807) is 36.4 Å². The largest absolute Gasteiger partial charge is 0.490 e. The fraction of sp³-hybridized carbons (Fsp3) is 0.638. The van der Waals surface area contributed by atoms with Gasteiger partial charge in [-0.3, -0.25) is 0 Å². The van der Waals surface area contributed by atoms with Crippen molar-refractivity contribution >= 4 is 11.9 Å². The molecule has 0 aliphatic rings. The van der Waals surface area contributed by atoms with Gasteiger partial charge in [0.1, 0.15) is 17.2 Å². The van der Waals surface area contributed by atoms with Crippen molar-refractivity contribution in [2.75, 3.05) is 19.8 Å². The Kier molecular flexibility index (Phi) is 25.0. The fourth-order valence-electron chi connectivity index (χ4n) is 6.57. The molecule has 3 rings (SSSR count). The van der Waals surface area contributed by atoms with Crippen molar-refractivity contribution in [3.63, 3.8) is 0 Å². The van der Waals surface area contributed by atoms with Gasteiger partial charge in [-0.25, -0.2) is 14.6 Å². The SMILES string of the molecule is CCCCCCCCCCOc1cc(C(=O)Oc2ccc(OC(=O)c3cnc[nH]3)cc2)cc(OCCCCCCCCCC)c1OCCCCCCCCCC. The third-order valence-electron chi connectivity index (χ3n) is 9.97. The van der Waals surface area contributed by atoms with Crippen LogP contribution in [0.1, 0.15) is 196 Å². The summed E-state index contributed by atoms with van der Waals surface area (Å²) in [7, 11) is 0. The van der Waals surface area contributed by atoms with Gasteiger partial charge in [0.15, 0.2) is 11.5 Å². The van der Waals surface area contributed by atoms with Gasteiger partial charge in [0, 0.05) is 0 Å². The summed E-state index contributed by atoms with van der Waals surface area (Å²) in [5.41, 5.74) is 0.558. The molecule has 0 radical (unpaired) electrons. The molecule has 0 fully saturated rings. The lowest BCUT2D eigenvalue weighted by Crippen LogP contribution is -2.12. The third kappa shape index (κ3) is 19.7. The van der Waals surface area contributed by atoms with E-state index in [4.69, 9.17) is 23.7 Å². The Morgan fingerprint density at radius 1 is 0.500 bits per heavy atom. The first-order valence-electron chi connectivity index (χ1n) is 22.1. The van der Waals surface area contributed by atoms with E-state index >= 15 is 0 Å². The van der Waals surface area contributed by atoms with Crippen molar-refractivity contribution in [2.24, 2.45) is 0 Å². The standard InChI is InChI=1S/C47H72N2O7/c1-4-7-10-13-16-19-22-25-32-52-43-35-39(46(50)55-40-28-30-41(31-29-40)56-47(51)42-37-48-38-49-42)36-44(53-33-26-23-20-17-14-11-8-5-2)45(43)54-34-27-24-21-18-15-12-9-6-3/h28-31,35-38H,4-27,32-34H2,1-3H3,(H,48,49). The van der Waals surface area contributed by atoms with Crippen molar-refractivity contribution in [1.82, 2.24) is 9.97 Å². The molecule has 0 aliphatic carbocycles. The van der Waals surface area contributed by atoms with Crippen LogP contribution >= 0.6 is 0 Å². The topological polar surface area (TPSA) is 109 Å². The summed E-state index contributed by atoms with van der Waals surface area (Å²) < 4.78 is 30.4. The molecule has 1 aromatic heterocycles. The molecule has 312 valence electrons. The molecule has 0 aliphatic heterocycles. The van der Waals surface area contributed by atoms with Crippen LogP contribution in [0.15, 0.2) is 48.9 Å². The predicted octanol–water partition coefficient (Wildman–Crippen LogP) is 13.4. The molecule has 2 aromatic carbocycles. The van der Waals surface area contributed by atoms with E-state index in [9.17, 15) is 9.59 Å². The van der Waals surface area contributed by atoms with Crippen molar-refractivity contribution < 1.29 is 33.3 Å². The van der Waals surface area contributed by atoms with Gasteiger partial charge in [-0.15, -0.1) is 0 Å². The van der Waals surface area contributed by atoms with Crippen LogP contribution in [0.4, 0.5) is 0 Å². The van der Waals surface area contributed by atoms with Gasteiger partial charge < -0.3 is 28.7 Å². The molecule has 1 N–H and O–H groups in total. The maximum absolute atomic E-state index is 13.7. The number of hydrogen-bond acceptors (Lipinski definition) is 8. The fourth-order valence-corrected chi connectivity index (χ4v) is 6.57. The molecule has 1 heterocycles. The Morgan fingerprint density at radius 2 is 0.875 bits per heavy atom. The highest BCUT2D eigenvalue weighted by molar-refractivity contribution is 5.93. The van der Waals surface area contributed by atoms with Crippen LogP contribution < -0.4 is 23.7 Å². The summed E-state index contributed by atoms with van der Waals surface area (Å²) in [5.74, 6) is 1.10. The van der Waals surface area contributed by atoms with E-state index in [1.807, 2.05) is 0 Å². The number of carbonyl (C=O) groups excluding carboxylic acids is 2. The smallest absolute Gasteiger partial charge is 0.361 e. The van der Waals surface area contributed by atoms with Crippen molar-refractivity contribution in [1.29, 1.82) is 0 Å². The summed E-state index contributed by atoms with van der Waals surface area (Å²) in [5, 5.41) is 0. The molecule has 0 saturated carbocycles. The van der Waals surface area contributed by atoms with Crippen LogP contribution in [-0.4, -0.2) is 41.7 Å². The molecule has 0 bridgehead atoms. The van der Waals surface area contributed by atoms with E-state index in [0.29, 0.717) is 54.1 Å². The Bertz CT molecular complexity index is 1400. The lowest BCUT2D eigenvalue weighted by Gasteiger charge is -2.19. The van der Waals surface area contributed by atoms with Gasteiger partial charge in [-0.05, 0) is 55.7 Å². The monoisotopic (exact) mass is 777 g/mol. The summed E-state index contributed by atoms with van der Waals surface area (Å²) >= 11 is 0. The molecule has 0 amide bonds. The molecule has 0 spiro atoms. The van der Waals surface area contributed by atoms with Gasteiger partial charge in [-0.2, -0.15) is 0 Å². The van der Waals surface area contributed by atoms with Crippen LogP contribution in [0.25, 0.3) is 0 Å². The number of carbonyl (C=O) groups is 2. The first-order valence-corrected chi connectivity index (χ1v) is 22.1. The second-order valence-electron chi connectivity index (χ2n) is 15.0. The number of aromatic nitrogens is 2. The number of imidazole rings is 1. The zero-order valence-corrected chi connectivity index (χ0v) is 35.0. The Morgan fingerprint density at radius 3 is 1.27 bits per heavy atom. The van der Waals surface area contributed by atoms with E-state index in [0.717, 1.165) is 38.5 Å². The first kappa shape index (κ1) is 46.4. The van der Waals surface area contributed by atoms with E-state index in [-0.39, 0.29) is 5.69 Å². The van der Waals surface area contributed by atoms with Crippen molar-refractivity contribution in [2.45, 2.75) is 175 Å². The molecule has 0 unspecified atom stereocenters. The summed E-state index contributed by atoms with van der Waals surface area (Å²) in [6.07, 6.45) is 31.7. The highest BCUT2D eigenvalue weighted by Crippen LogP contribution is 2.40. The zero-order valence-electron chi connectivity index (χ0n) is 35.0. The van der Waals surface area contributed by atoms with Gasteiger partial charge in [-0.1, -0.05) is 156 Å². The minimum Gasteiger partial charge on any atom is -0.490 e. The van der Waals surface area contributed by atoms with Crippen LogP contribution in [0, 0.1) is 0 Å². The number of esters is 2. The summed E-state index contributed by atoms with van der Waals surface area (Å²) in [6, 6.07) is 9.79. The molecule has 9 nitrogen and oxygen atoms in total. The number of nitrogens with one attached hydrogen (secondary N) is 1. The van der Waals surface area contributed by atoms with Crippen LogP contribution in [0.5, 0.6) is 28.7 Å². The number of nitrogens with zero attached hydrogens (tertiary/aromatic N) is 1. The Balaban J connectivity index is 1.71. The lowest BCUT2D eigenvalue weighted by molar-refractivity contribution is 0.0716. The minimum absolute atomic E-state index is 0.242. The normalized spacial score (nSPS) is 11.1. The number of hydrogen-bond donors (Lipinski definition) is 1. The number of unbranched alkanes of at least 4 members (excludes halogenated alkanes) is 21. The predicted molar refractivity (Wildman–Crippen MR) is 226 cm³/mol. The summed E-state index contributed by atoms with van der Waals surface area (Å²) in [6.45, 7) is 8.34. The highest BCUT2D eigenvalue weighted by Gasteiger charge is 2.21. The molecule has 3 aromatic rings. The van der Waals surface area contributed by atoms with Gasteiger partial charge in [0.25, 0.3) is 0 Å². The highest BCUT2D eigenvalue weighted by atomic mass is 16.6. The van der Waals surface area contributed by atoms with Gasteiger partial charge in [0.05, 0.1) is 37.9 Å². The second-order valence-corrected chi connectivity index (χ2v) is 15.0. The summed E-state index contributed by atoms with van der Waals surface area (Å²) in [4.78, 5) is 32.5. The Hall–Kier alpha value is -4.01. The van der Waals surface area contributed by atoms with Gasteiger partial charge >= 0.3 is 11.9 Å². The number of rotatable bonds is 34. The van der Waals surface area contributed by atoms with Crippen LogP contribution in [0.2, 0.25) is 0 Å². The Labute approximate surface area is 338 Å². The van der Waals surface area contributed by atoms with Crippen molar-refractivity contribution in [3.8, 4) is 28.7 Å². The average molecular weight is 777 g/mol. The molecule has 0 saturated heterocycles. The number of ether oxygens (including phenoxy) is 5. The van der Waals surface area contributed by atoms with Crippen molar-refractivity contribution in [3.05, 3.63) is 60.2 Å². The first-order chi connectivity index (χ1) is 27.5. The third-order valence-corrected chi connectivity index (χ3v) is 9.97. The van der Waals surface area contributed by atoms with Crippen LogP contribution in [0.3, 0.4) is 0 Å². The number of aromatic amines is 1. The zero-order chi connectivity index (χ0) is 39.9. The maximum Gasteiger partial charge on any atom is 0.361 e. The van der Waals surface area contributed by atoms with E-state index < -0.39 is 11.9 Å². The molecular formula is C47H72N2O7. The second kappa shape index (κ2) is 30.2. The maximum atomic E-state index is 13.7. The minimum atomic E-state index is -0.559. The van der Waals surface area contributed by atoms with E-state index in [2.05, 4.69) is 30.7 Å². The van der Waals surface area contributed by atoms with E-state index in [1.165, 1.54) is 128 Å². The lowest BCUT2D eigenvalue weighted by atomic mass is 10.1. The number of benzene rings is 2. The quantitative estimate of drug-likeness (QED) is 0.0363. The molecule has 56 heavy (non-hydrogen) atoms. The molecule has 0 atom stereocenters.